The first kappa shape index (κ1) is 10.6. The Hall–Kier alpha value is -0.930. The summed E-state index contributed by atoms with van der Waals surface area (Å²) >= 11 is 9.10. The van der Waals surface area contributed by atoms with Crippen LogP contribution in [0.5, 0.6) is 0 Å². The van der Waals surface area contributed by atoms with Crippen LogP contribution in [0.2, 0.25) is 5.15 Å². The highest BCUT2D eigenvalue weighted by molar-refractivity contribution is 9.10. The second-order valence-corrected chi connectivity index (χ2v) is 4.45. The first-order valence-electron chi connectivity index (χ1n) is 4.42. The summed E-state index contributed by atoms with van der Waals surface area (Å²) in [6, 6.07) is 9.97. The molecule has 1 aromatic carbocycles. The predicted octanol–water partition coefficient (Wildman–Crippen LogP) is 3.87. The van der Waals surface area contributed by atoms with Crippen LogP contribution >= 0.6 is 27.5 Å². The van der Waals surface area contributed by atoms with Crippen molar-refractivity contribution in [2.24, 2.45) is 0 Å². The van der Waals surface area contributed by atoms with Crippen LogP contribution < -0.4 is 0 Å². The third-order valence-electron chi connectivity index (χ3n) is 2.05. The molecular weight excluding hydrogens is 275 g/mol. The highest BCUT2D eigenvalue weighted by Crippen LogP contribution is 2.24. The van der Waals surface area contributed by atoms with Gasteiger partial charge in [0.1, 0.15) is 0 Å². The van der Waals surface area contributed by atoms with Crippen LogP contribution in [0.15, 0.2) is 34.8 Å². The summed E-state index contributed by atoms with van der Waals surface area (Å²) in [5.41, 5.74) is 3.07. The largest absolute Gasteiger partial charge is 0.165 e. The minimum atomic E-state index is 0.380. The molecule has 0 aliphatic carbocycles. The number of benzene rings is 1. The van der Waals surface area contributed by atoms with Gasteiger partial charge in [0.05, 0.1) is 10.2 Å². The lowest BCUT2D eigenvalue weighted by molar-refractivity contribution is 1.03. The molecule has 0 spiro atoms. The number of aryl methyl sites for hydroxylation is 1. The molecule has 0 saturated carbocycles. The van der Waals surface area contributed by atoms with Crippen molar-refractivity contribution in [3.63, 3.8) is 0 Å². The zero-order valence-electron chi connectivity index (χ0n) is 8.04. The average molecular weight is 284 g/mol. The van der Waals surface area contributed by atoms with Crippen LogP contribution in [0.4, 0.5) is 0 Å². The number of rotatable bonds is 1. The Morgan fingerprint density at radius 1 is 1.13 bits per heavy atom. The summed E-state index contributed by atoms with van der Waals surface area (Å²) in [7, 11) is 0. The fraction of sp³-hybridized carbons (Fsp3) is 0.0909. The number of nitrogens with zero attached hydrogens (tertiary/aromatic N) is 2. The van der Waals surface area contributed by atoms with E-state index in [0.29, 0.717) is 5.15 Å². The third-order valence-corrected chi connectivity index (χ3v) is 3.17. The monoisotopic (exact) mass is 282 g/mol. The van der Waals surface area contributed by atoms with Gasteiger partial charge < -0.3 is 0 Å². The molecule has 2 aromatic rings. The van der Waals surface area contributed by atoms with Gasteiger partial charge in [0.25, 0.3) is 0 Å². The summed E-state index contributed by atoms with van der Waals surface area (Å²) in [6.45, 7) is 2.05. The van der Waals surface area contributed by atoms with Gasteiger partial charge in [-0.05, 0) is 28.9 Å². The Bertz CT molecular complexity index is 482. The van der Waals surface area contributed by atoms with Crippen molar-refractivity contribution in [3.05, 3.63) is 45.5 Å². The van der Waals surface area contributed by atoms with Gasteiger partial charge in [-0.15, -0.1) is 10.2 Å². The lowest BCUT2D eigenvalue weighted by Gasteiger charge is -2.01. The summed E-state index contributed by atoms with van der Waals surface area (Å²) < 4.78 is 0.759. The summed E-state index contributed by atoms with van der Waals surface area (Å²) in [5, 5.41) is 8.25. The minimum absolute atomic E-state index is 0.380. The van der Waals surface area contributed by atoms with E-state index >= 15 is 0 Å². The van der Waals surface area contributed by atoms with Crippen LogP contribution in [0.25, 0.3) is 11.3 Å². The van der Waals surface area contributed by atoms with E-state index in [0.717, 1.165) is 15.7 Å². The third kappa shape index (κ3) is 2.36. The van der Waals surface area contributed by atoms with Crippen LogP contribution in [0.3, 0.4) is 0 Å². The quantitative estimate of drug-likeness (QED) is 0.794. The molecule has 2 rings (SSSR count). The van der Waals surface area contributed by atoms with E-state index < -0.39 is 0 Å². The van der Waals surface area contributed by atoms with E-state index in [-0.39, 0.29) is 0 Å². The molecule has 2 nitrogen and oxygen atoms in total. The van der Waals surface area contributed by atoms with Crippen molar-refractivity contribution in [1.82, 2.24) is 10.2 Å². The normalized spacial score (nSPS) is 10.3. The van der Waals surface area contributed by atoms with Gasteiger partial charge in [0.2, 0.25) is 0 Å². The molecule has 0 radical (unpaired) electrons. The number of hydrogen-bond acceptors (Lipinski definition) is 2. The number of hydrogen-bond donors (Lipinski definition) is 0. The first-order valence-corrected chi connectivity index (χ1v) is 5.59. The molecule has 0 aliphatic heterocycles. The van der Waals surface area contributed by atoms with Crippen molar-refractivity contribution < 1.29 is 0 Å². The van der Waals surface area contributed by atoms with Gasteiger partial charge in [-0.3, -0.25) is 0 Å². The molecule has 1 aromatic heterocycles. The van der Waals surface area contributed by atoms with Crippen molar-refractivity contribution in [1.29, 1.82) is 0 Å². The lowest BCUT2D eigenvalue weighted by Crippen LogP contribution is -1.88. The Kier molecular flexibility index (Phi) is 3.03. The molecule has 0 unspecified atom stereocenters. The molecule has 0 N–H and O–H groups in total. The van der Waals surface area contributed by atoms with E-state index in [1.165, 1.54) is 5.56 Å². The fourth-order valence-electron chi connectivity index (χ4n) is 1.22. The Labute approximate surface area is 101 Å². The zero-order chi connectivity index (χ0) is 10.8. The molecule has 76 valence electrons. The van der Waals surface area contributed by atoms with Crippen LogP contribution in [-0.4, -0.2) is 10.2 Å². The van der Waals surface area contributed by atoms with Gasteiger partial charge in [0.15, 0.2) is 5.15 Å². The molecule has 0 bridgehead atoms. The van der Waals surface area contributed by atoms with Gasteiger partial charge >= 0.3 is 0 Å². The van der Waals surface area contributed by atoms with Crippen LogP contribution in [0.1, 0.15) is 5.56 Å². The highest BCUT2D eigenvalue weighted by Gasteiger charge is 2.04. The molecule has 0 saturated heterocycles. The maximum absolute atomic E-state index is 5.77. The first-order chi connectivity index (χ1) is 7.16. The zero-order valence-corrected chi connectivity index (χ0v) is 10.4. The lowest BCUT2D eigenvalue weighted by atomic mass is 10.1. The molecule has 0 fully saturated rings. The maximum atomic E-state index is 5.77. The van der Waals surface area contributed by atoms with E-state index in [1.807, 2.05) is 37.3 Å². The fourth-order valence-corrected chi connectivity index (χ4v) is 1.61. The Balaban J connectivity index is 2.45. The molecule has 0 atom stereocenters. The van der Waals surface area contributed by atoms with E-state index in [4.69, 9.17) is 11.6 Å². The van der Waals surface area contributed by atoms with Crippen LogP contribution in [0, 0.1) is 6.92 Å². The topological polar surface area (TPSA) is 25.8 Å². The molecule has 15 heavy (non-hydrogen) atoms. The number of aromatic nitrogens is 2. The van der Waals surface area contributed by atoms with Crippen molar-refractivity contribution in [2.75, 3.05) is 0 Å². The van der Waals surface area contributed by atoms with E-state index in [2.05, 4.69) is 26.1 Å². The van der Waals surface area contributed by atoms with E-state index in [9.17, 15) is 0 Å². The maximum Gasteiger partial charge on any atom is 0.165 e. The molecular formula is C11H8BrClN2. The van der Waals surface area contributed by atoms with Crippen molar-refractivity contribution >= 4 is 27.5 Å². The van der Waals surface area contributed by atoms with Crippen molar-refractivity contribution in [3.8, 4) is 11.3 Å². The summed E-state index contributed by atoms with van der Waals surface area (Å²) in [6.07, 6.45) is 0. The minimum Gasteiger partial charge on any atom is -0.149 e. The standard InChI is InChI=1S/C11H8BrClN2/c1-7-2-4-8(5-3-7)10-6-9(12)11(13)15-14-10/h2-6H,1H3. The Morgan fingerprint density at radius 3 is 2.40 bits per heavy atom. The molecule has 1 heterocycles. The molecule has 4 heteroatoms. The van der Waals surface area contributed by atoms with Crippen LogP contribution in [-0.2, 0) is 0 Å². The van der Waals surface area contributed by atoms with Gasteiger partial charge in [-0.2, -0.15) is 0 Å². The summed E-state index contributed by atoms with van der Waals surface area (Å²) in [5.74, 6) is 0. The molecule has 0 amide bonds. The molecule has 0 aliphatic rings. The van der Waals surface area contributed by atoms with Gasteiger partial charge in [0, 0.05) is 5.56 Å². The summed E-state index contributed by atoms with van der Waals surface area (Å²) in [4.78, 5) is 0. The van der Waals surface area contributed by atoms with E-state index in [1.54, 1.807) is 0 Å². The van der Waals surface area contributed by atoms with Gasteiger partial charge in [-0.1, -0.05) is 41.4 Å². The number of halogens is 2. The highest BCUT2D eigenvalue weighted by atomic mass is 79.9. The predicted molar refractivity (Wildman–Crippen MR) is 64.9 cm³/mol. The Morgan fingerprint density at radius 2 is 1.80 bits per heavy atom. The average Bonchev–Trinajstić information content (AvgIpc) is 2.23. The SMILES string of the molecule is Cc1ccc(-c2cc(Br)c(Cl)nn2)cc1. The van der Waals surface area contributed by atoms with Crippen molar-refractivity contribution in [2.45, 2.75) is 6.92 Å². The second-order valence-electron chi connectivity index (χ2n) is 3.23. The smallest absolute Gasteiger partial charge is 0.149 e. The second kappa shape index (κ2) is 4.29. The van der Waals surface area contributed by atoms with Gasteiger partial charge in [-0.25, -0.2) is 0 Å².